The van der Waals surface area contributed by atoms with Crippen LogP contribution >= 0.6 is 0 Å². The lowest BCUT2D eigenvalue weighted by molar-refractivity contribution is -0.207. The molecule has 5 rings (SSSR count). The number of benzene rings is 1. The smallest absolute Gasteiger partial charge is 0.490 e. The number of aliphatic carboxylic acids is 3. The van der Waals surface area contributed by atoms with Crippen LogP contribution in [-0.2, 0) is 54.9 Å². The molecule has 1 aromatic rings. The van der Waals surface area contributed by atoms with E-state index in [1.165, 1.54) is 0 Å². The predicted molar refractivity (Wildman–Crippen MR) is 208 cm³/mol. The lowest BCUT2D eigenvalue weighted by atomic mass is 9.50. The first-order valence-corrected chi connectivity index (χ1v) is 22.4. The summed E-state index contributed by atoms with van der Waals surface area (Å²) in [6, 6.07) is -0.103. The number of hydrogen-bond acceptors (Lipinski definition) is 14. The summed E-state index contributed by atoms with van der Waals surface area (Å²) in [4.78, 5) is 86.8. The minimum absolute atomic E-state index is 0.0265. The lowest BCUT2D eigenvalue weighted by Gasteiger charge is -2.62. The molecule has 1 aromatic carbocycles. The molecule has 1 fully saturated rings. The minimum Gasteiger partial charge on any atom is -0.541 e. The van der Waals surface area contributed by atoms with Crippen LogP contribution in [0.2, 0.25) is 18.1 Å². The Bertz CT molecular complexity index is 2020. The Morgan fingerprint density at radius 3 is 1.90 bits per heavy atom. The number of carbonyl (C=O) groups excluding carboxylic acids is 4. The van der Waals surface area contributed by atoms with E-state index in [0.717, 1.165) is 19.4 Å². The number of nitrogens with one attached hydrogen (secondary N) is 2. The average molecular weight is 904 g/mol. The standard InChI is InChI=1S/C37H51N3O14Si.C2HF3O2/c1-18(41)31(45)38-21(33(47)48)16-26(43)51-24-11-12-37(53-27(44)17-22(34(49)50)39-32(46)19(2)42)25-15-20-9-10-23(54-55(7,8)35(3,4)5)29-28(20)36(37,30(24)52-29)13-14-40(25)6;3-2(4,5)1(6)7/h9-11,18-19,21-22,25,30,41-42H,12-17H2,1-8H3,(H,38,45)(H,39,46)(H,47,48)(H,49,50);(H,6,7)/t18-,19-,21-,22-,25+,30-,36-,37+;/m0./s1. The number of piperidine rings is 1. The number of rotatable bonds is 14. The molecule has 0 saturated carbocycles. The highest BCUT2D eigenvalue weighted by atomic mass is 28.4. The summed E-state index contributed by atoms with van der Waals surface area (Å²) >= 11 is 0. The molecule has 2 bridgehead atoms. The number of carbonyl (C=O) groups is 7. The summed E-state index contributed by atoms with van der Waals surface area (Å²) in [5, 5.41) is 50.1. The molecule has 62 heavy (non-hydrogen) atoms. The Morgan fingerprint density at radius 2 is 1.44 bits per heavy atom. The summed E-state index contributed by atoms with van der Waals surface area (Å²) < 4.78 is 57.7. The van der Waals surface area contributed by atoms with Crippen LogP contribution in [0.15, 0.2) is 24.0 Å². The van der Waals surface area contributed by atoms with Crippen LogP contribution < -0.4 is 19.8 Å². The Morgan fingerprint density at radius 1 is 0.919 bits per heavy atom. The molecular formula is C39H52F3N3O16Si. The molecule has 0 unspecified atom stereocenters. The Kier molecular flexibility index (Phi) is 14.2. The van der Waals surface area contributed by atoms with Crippen LogP contribution in [-0.4, -0.2) is 142 Å². The number of aliphatic hydroxyl groups excluding tert-OH is 2. The summed E-state index contributed by atoms with van der Waals surface area (Å²) in [6.45, 7) is 13.2. The maximum Gasteiger partial charge on any atom is 0.490 e. The molecule has 2 aliphatic heterocycles. The zero-order valence-corrected chi connectivity index (χ0v) is 36.2. The van der Waals surface area contributed by atoms with Gasteiger partial charge in [0.1, 0.15) is 41.4 Å². The highest BCUT2D eigenvalue weighted by Crippen LogP contribution is 2.67. The van der Waals surface area contributed by atoms with Crippen LogP contribution in [0.1, 0.15) is 71.4 Å². The van der Waals surface area contributed by atoms with Crippen LogP contribution in [0.5, 0.6) is 11.5 Å². The first-order chi connectivity index (χ1) is 28.4. The molecular weight excluding hydrogens is 852 g/mol. The highest BCUT2D eigenvalue weighted by molar-refractivity contribution is 6.74. The Balaban J connectivity index is 0.00000111. The van der Waals surface area contributed by atoms with Gasteiger partial charge < -0.3 is 54.8 Å². The van der Waals surface area contributed by atoms with Crippen molar-refractivity contribution in [2.75, 3.05) is 13.6 Å². The largest absolute Gasteiger partial charge is 0.541 e. The van der Waals surface area contributed by atoms with Gasteiger partial charge in [-0.3, -0.25) is 24.1 Å². The monoisotopic (exact) mass is 903 g/mol. The normalized spacial score (nSPS) is 24.4. The van der Waals surface area contributed by atoms with Gasteiger partial charge in [-0.1, -0.05) is 26.8 Å². The second-order valence-electron chi connectivity index (χ2n) is 17.2. The Labute approximate surface area is 354 Å². The zero-order chi connectivity index (χ0) is 47.1. The number of nitrogens with zero attached hydrogens (tertiary/aromatic N) is 1. The number of esters is 2. The fraction of sp³-hybridized carbons (Fsp3) is 0.615. The van der Waals surface area contributed by atoms with Gasteiger partial charge in [0, 0.05) is 12.0 Å². The molecule has 0 aromatic heterocycles. The van der Waals surface area contributed by atoms with E-state index in [2.05, 4.69) is 44.5 Å². The van der Waals surface area contributed by atoms with Crippen molar-refractivity contribution in [1.29, 1.82) is 0 Å². The van der Waals surface area contributed by atoms with Gasteiger partial charge >= 0.3 is 36.0 Å². The number of hydrogen-bond donors (Lipinski definition) is 7. The van der Waals surface area contributed by atoms with Gasteiger partial charge in [-0.05, 0) is 76.1 Å². The molecule has 344 valence electrons. The molecule has 7 N–H and O–H groups in total. The van der Waals surface area contributed by atoms with Crippen molar-refractivity contribution in [2.45, 2.75) is 138 Å². The molecule has 19 nitrogen and oxygen atoms in total. The topological polar surface area (TPSA) is 285 Å². The summed E-state index contributed by atoms with van der Waals surface area (Å²) in [7, 11) is -0.595. The lowest BCUT2D eigenvalue weighted by Crippen LogP contribution is -2.75. The van der Waals surface area contributed by atoms with Gasteiger partial charge in [0.05, 0.1) is 24.3 Å². The number of carboxylic acids is 3. The van der Waals surface area contributed by atoms with E-state index in [9.17, 15) is 62.4 Å². The predicted octanol–water partition coefficient (Wildman–Crippen LogP) is 1.76. The van der Waals surface area contributed by atoms with Crippen molar-refractivity contribution in [2.24, 2.45) is 0 Å². The van der Waals surface area contributed by atoms with Crippen LogP contribution in [0.25, 0.3) is 0 Å². The molecule has 2 aliphatic carbocycles. The second kappa shape index (κ2) is 17.8. The van der Waals surface area contributed by atoms with Crippen molar-refractivity contribution in [3.8, 4) is 11.5 Å². The van der Waals surface area contributed by atoms with E-state index in [1.54, 1.807) is 6.08 Å². The first-order valence-electron chi connectivity index (χ1n) is 19.5. The number of aliphatic hydroxyl groups is 2. The molecule has 23 heteroatoms. The molecule has 1 spiro atoms. The van der Waals surface area contributed by atoms with Gasteiger partial charge in [0.2, 0.25) is 11.8 Å². The summed E-state index contributed by atoms with van der Waals surface area (Å²) in [5.41, 5.74) is -1.04. The molecule has 4 aliphatic rings. The molecule has 2 amide bonds. The van der Waals surface area contributed by atoms with Crippen molar-refractivity contribution in [3.63, 3.8) is 0 Å². The van der Waals surface area contributed by atoms with E-state index >= 15 is 0 Å². The van der Waals surface area contributed by atoms with Gasteiger partial charge in [-0.25, -0.2) is 14.4 Å². The van der Waals surface area contributed by atoms with E-state index in [0.29, 0.717) is 36.4 Å². The van der Waals surface area contributed by atoms with E-state index < -0.39 is 116 Å². The number of likely N-dealkylation sites (tertiary alicyclic amines) is 1. The van der Waals surface area contributed by atoms with E-state index in [-0.39, 0.29) is 17.2 Å². The van der Waals surface area contributed by atoms with Gasteiger partial charge in [0.25, 0.3) is 8.32 Å². The van der Waals surface area contributed by atoms with Crippen LogP contribution in [0, 0.1) is 0 Å². The van der Waals surface area contributed by atoms with E-state index in [4.69, 9.17) is 28.5 Å². The van der Waals surface area contributed by atoms with Gasteiger partial charge in [0.15, 0.2) is 11.9 Å². The number of carboxylic acid groups (broad SMARTS) is 3. The maximum absolute atomic E-state index is 14.0. The zero-order valence-electron chi connectivity index (χ0n) is 35.2. The number of ether oxygens (including phenoxy) is 3. The molecule has 2 heterocycles. The maximum atomic E-state index is 14.0. The SMILES string of the molecule is C[C@H](O)C(=O)N[C@@H](CC(=O)OC1=CC[C@@]2(OC(=O)C[C@H](NC(=O)[C@H](C)O)C(=O)O)[C@H]3Cc4ccc(O[Si](C)(C)C(C)(C)C)c5c4[C@@]2(CCN3C)[C@H]1O5)C(=O)O.O=C(O)C(F)(F)F. The molecule has 8 atom stereocenters. The fourth-order valence-electron chi connectivity index (χ4n) is 7.84. The summed E-state index contributed by atoms with van der Waals surface area (Å²) in [6.07, 6.45) is -8.56. The third-order valence-electron chi connectivity index (χ3n) is 12.0. The van der Waals surface area contributed by atoms with Gasteiger partial charge in [-0.2, -0.15) is 13.2 Å². The summed E-state index contributed by atoms with van der Waals surface area (Å²) in [5.74, 6) is -8.84. The van der Waals surface area contributed by atoms with Crippen LogP contribution in [0.3, 0.4) is 0 Å². The molecule has 0 radical (unpaired) electrons. The Hall–Kier alpha value is -5.26. The molecule has 1 saturated heterocycles. The number of likely N-dealkylation sites (N-methyl/N-ethyl adjacent to an activating group) is 1. The van der Waals surface area contributed by atoms with Crippen molar-refractivity contribution < 1.29 is 90.9 Å². The third-order valence-corrected chi connectivity index (χ3v) is 16.3. The number of amides is 2. The minimum atomic E-state index is -5.08. The quantitative estimate of drug-likeness (QED) is 0.103. The first kappa shape index (κ1) is 49.4. The van der Waals surface area contributed by atoms with Crippen molar-refractivity contribution in [1.82, 2.24) is 15.5 Å². The van der Waals surface area contributed by atoms with Crippen molar-refractivity contribution >= 4 is 50.0 Å². The number of alkyl halides is 3. The van der Waals surface area contributed by atoms with Crippen molar-refractivity contribution in [3.05, 3.63) is 35.1 Å². The van der Waals surface area contributed by atoms with Gasteiger partial charge in [-0.15, -0.1) is 0 Å². The van der Waals surface area contributed by atoms with Crippen LogP contribution in [0.4, 0.5) is 13.2 Å². The fourth-order valence-corrected chi connectivity index (χ4v) is 8.86. The average Bonchev–Trinajstić information content (AvgIpc) is 3.49. The number of halogens is 3. The highest BCUT2D eigenvalue weighted by Gasteiger charge is 2.74. The van der Waals surface area contributed by atoms with E-state index in [1.807, 2.05) is 24.1 Å². The third kappa shape index (κ3) is 9.69. The second-order valence-corrected chi connectivity index (χ2v) is 21.9.